The molecule has 0 spiro atoms. The summed E-state index contributed by atoms with van der Waals surface area (Å²) in [4.78, 5) is 1.52. The molecule has 8 nitrogen and oxygen atoms in total. The Bertz CT molecular complexity index is 1350. The van der Waals surface area contributed by atoms with Gasteiger partial charge in [-0.3, -0.25) is 0 Å². The average Bonchev–Trinajstić information content (AvgIpc) is 3.40. The topological polar surface area (TPSA) is 110 Å². The van der Waals surface area contributed by atoms with Gasteiger partial charge in [0.15, 0.2) is 0 Å². The van der Waals surface area contributed by atoms with Gasteiger partial charge in [0.1, 0.15) is 28.7 Å². The van der Waals surface area contributed by atoms with Gasteiger partial charge in [-0.1, -0.05) is 12.5 Å². The smallest absolute Gasteiger partial charge is 0.149 e. The number of fused-ring (bicyclic) bond motifs is 1. The molecule has 0 saturated heterocycles. The Hall–Kier alpha value is -3.77. The molecule has 168 valence electrons. The number of hydrogen-bond acceptors (Lipinski definition) is 6. The number of aryl methyl sites for hydroxylation is 1. The van der Waals surface area contributed by atoms with Crippen molar-refractivity contribution in [1.82, 2.24) is 24.8 Å². The average molecular weight is 445 g/mol. The van der Waals surface area contributed by atoms with E-state index in [4.69, 9.17) is 16.1 Å². The number of nitrogens with two attached hydrogens (primary N) is 1. The number of rotatable bonds is 5. The maximum absolute atomic E-state index is 14.4. The molecule has 33 heavy (non-hydrogen) atoms. The predicted octanol–water partition coefficient (Wildman–Crippen LogP) is 3.76. The minimum atomic E-state index is -0.558. The van der Waals surface area contributed by atoms with Crippen LogP contribution in [0.3, 0.4) is 0 Å². The summed E-state index contributed by atoms with van der Waals surface area (Å²) < 4.78 is 16.2. The van der Waals surface area contributed by atoms with Crippen LogP contribution in [0, 0.1) is 23.1 Å². The quantitative estimate of drug-likeness (QED) is 0.485. The molecule has 1 aliphatic carbocycles. The highest BCUT2D eigenvalue weighted by Crippen LogP contribution is 2.29. The van der Waals surface area contributed by atoms with Gasteiger partial charge in [-0.25, -0.2) is 9.07 Å². The standard InChI is InChI=1S/C24H25FN8/c1-32-29-21-8-7-19(11-22(21)30-32)33-23(16-5-6-17(13-26)20(25)10-16)12-24(31-33)28-14-15-3-2-4-18(27)9-15/h5-8,10-12,15,18H,2-4,9,14,27H2,1H3,(H,28,31)/t15?,18-/m0/s1. The van der Waals surface area contributed by atoms with Crippen molar-refractivity contribution >= 4 is 16.9 Å². The van der Waals surface area contributed by atoms with E-state index in [1.165, 1.54) is 16.9 Å². The van der Waals surface area contributed by atoms with Crippen molar-refractivity contribution in [2.24, 2.45) is 18.7 Å². The summed E-state index contributed by atoms with van der Waals surface area (Å²) in [7, 11) is 1.78. The summed E-state index contributed by atoms with van der Waals surface area (Å²) in [6.07, 6.45) is 4.39. The Morgan fingerprint density at radius 1 is 1.12 bits per heavy atom. The Labute approximate surface area is 190 Å². The molecular formula is C24H25FN8. The fraction of sp³-hybridized carbons (Fsp3) is 0.333. The molecular weight excluding hydrogens is 419 g/mol. The molecule has 1 fully saturated rings. The third kappa shape index (κ3) is 4.30. The van der Waals surface area contributed by atoms with Crippen molar-refractivity contribution < 1.29 is 4.39 Å². The van der Waals surface area contributed by atoms with Crippen LogP contribution in [0.15, 0.2) is 42.5 Å². The molecule has 0 bridgehead atoms. The largest absolute Gasteiger partial charge is 0.368 e. The van der Waals surface area contributed by atoms with E-state index in [1.54, 1.807) is 17.8 Å². The van der Waals surface area contributed by atoms with E-state index in [0.29, 0.717) is 23.0 Å². The SMILES string of the molecule is Cn1nc2ccc(-n3nc(NCC4CCC[C@H](N)C4)cc3-c3ccc(C#N)c(F)c3)cc2n1. The van der Waals surface area contributed by atoms with E-state index in [0.717, 1.165) is 48.9 Å². The number of hydrogen-bond donors (Lipinski definition) is 2. The van der Waals surface area contributed by atoms with Crippen molar-refractivity contribution in [2.45, 2.75) is 31.7 Å². The number of aromatic nitrogens is 5. The van der Waals surface area contributed by atoms with Crippen LogP contribution >= 0.6 is 0 Å². The summed E-state index contributed by atoms with van der Waals surface area (Å²) in [6, 6.07) is 14.3. The molecule has 0 amide bonds. The van der Waals surface area contributed by atoms with Crippen LogP contribution < -0.4 is 11.1 Å². The lowest BCUT2D eigenvalue weighted by Gasteiger charge is -2.26. The van der Waals surface area contributed by atoms with Gasteiger partial charge >= 0.3 is 0 Å². The second kappa shape index (κ2) is 8.64. The maximum Gasteiger partial charge on any atom is 0.149 e. The van der Waals surface area contributed by atoms with Crippen molar-refractivity contribution in [3.05, 3.63) is 53.8 Å². The van der Waals surface area contributed by atoms with E-state index in [9.17, 15) is 4.39 Å². The number of nitriles is 1. The third-order valence-electron chi connectivity index (χ3n) is 6.20. The highest BCUT2D eigenvalue weighted by atomic mass is 19.1. The number of anilines is 1. The highest BCUT2D eigenvalue weighted by Gasteiger charge is 2.20. The molecule has 1 unspecified atom stereocenters. The van der Waals surface area contributed by atoms with Crippen molar-refractivity contribution in [3.8, 4) is 23.0 Å². The van der Waals surface area contributed by atoms with Crippen LogP contribution in [0.5, 0.6) is 0 Å². The predicted molar refractivity (Wildman–Crippen MR) is 124 cm³/mol. The van der Waals surface area contributed by atoms with E-state index in [-0.39, 0.29) is 11.6 Å². The van der Waals surface area contributed by atoms with Crippen LogP contribution in [0.1, 0.15) is 31.2 Å². The van der Waals surface area contributed by atoms with Gasteiger partial charge in [-0.2, -0.15) is 20.3 Å². The lowest BCUT2D eigenvalue weighted by atomic mass is 9.86. The molecule has 2 aromatic heterocycles. The fourth-order valence-electron chi connectivity index (χ4n) is 4.54. The first-order valence-corrected chi connectivity index (χ1v) is 11.1. The molecule has 2 aromatic carbocycles. The molecule has 4 aromatic rings. The number of benzene rings is 2. The number of halogens is 1. The molecule has 0 radical (unpaired) electrons. The van der Waals surface area contributed by atoms with Gasteiger partial charge in [-0.05, 0) is 55.5 Å². The minimum Gasteiger partial charge on any atom is -0.368 e. The molecule has 2 heterocycles. The van der Waals surface area contributed by atoms with Gasteiger partial charge in [0.2, 0.25) is 0 Å². The molecule has 3 N–H and O–H groups in total. The zero-order valence-corrected chi connectivity index (χ0v) is 18.4. The van der Waals surface area contributed by atoms with E-state index in [2.05, 4.69) is 15.5 Å². The first kappa shape index (κ1) is 21.1. The van der Waals surface area contributed by atoms with Gasteiger partial charge in [0.25, 0.3) is 0 Å². The zero-order chi connectivity index (χ0) is 22.9. The third-order valence-corrected chi connectivity index (χ3v) is 6.20. The molecule has 1 aliphatic rings. The number of nitrogens with one attached hydrogen (secondary N) is 1. The fourth-order valence-corrected chi connectivity index (χ4v) is 4.54. The summed E-state index contributed by atoms with van der Waals surface area (Å²) in [6.45, 7) is 0.787. The molecule has 0 aliphatic heterocycles. The van der Waals surface area contributed by atoms with Crippen LogP contribution in [-0.2, 0) is 7.05 Å². The van der Waals surface area contributed by atoms with Crippen molar-refractivity contribution in [2.75, 3.05) is 11.9 Å². The molecule has 9 heteroatoms. The summed E-state index contributed by atoms with van der Waals surface area (Å²) in [5.74, 6) is 0.650. The Morgan fingerprint density at radius 2 is 1.97 bits per heavy atom. The van der Waals surface area contributed by atoms with Crippen molar-refractivity contribution in [1.29, 1.82) is 5.26 Å². The molecule has 1 saturated carbocycles. The van der Waals surface area contributed by atoms with E-state index < -0.39 is 5.82 Å². The first-order valence-electron chi connectivity index (χ1n) is 11.1. The summed E-state index contributed by atoms with van der Waals surface area (Å²) in [5.41, 5.74) is 9.81. The van der Waals surface area contributed by atoms with Crippen LogP contribution in [0.4, 0.5) is 10.2 Å². The zero-order valence-electron chi connectivity index (χ0n) is 18.4. The Balaban J connectivity index is 1.52. The monoisotopic (exact) mass is 444 g/mol. The molecule has 5 rings (SSSR count). The van der Waals surface area contributed by atoms with Gasteiger partial charge in [0.05, 0.1) is 16.9 Å². The van der Waals surface area contributed by atoms with Crippen molar-refractivity contribution in [3.63, 3.8) is 0 Å². The van der Waals surface area contributed by atoms with Gasteiger partial charge < -0.3 is 11.1 Å². The van der Waals surface area contributed by atoms with E-state index in [1.807, 2.05) is 30.3 Å². The van der Waals surface area contributed by atoms with Crippen LogP contribution in [0.25, 0.3) is 28.0 Å². The summed E-state index contributed by atoms with van der Waals surface area (Å²) >= 11 is 0. The highest BCUT2D eigenvalue weighted by molar-refractivity contribution is 5.77. The Morgan fingerprint density at radius 3 is 2.76 bits per heavy atom. The second-order valence-electron chi connectivity index (χ2n) is 8.67. The van der Waals surface area contributed by atoms with Gasteiger partial charge in [-0.15, -0.1) is 5.10 Å². The molecule has 2 atom stereocenters. The van der Waals surface area contributed by atoms with Gasteiger partial charge in [0, 0.05) is 31.3 Å². The van der Waals surface area contributed by atoms with Crippen LogP contribution in [0.2, 0.25) is 0 Å². The first-order chi connectivity index (χ1) is 16.0. The van der Waals surface area contributed by atoms with E-state index >= 15 is 0 Å². The minimum absolute atomic E-state index is 0.0118. The second-order valence-corrected chi connectivity index (χ2v) is 8.67. The van der Waals surface area contributed by atoms with Crippen LogP contribution in [-0.4, -0.2) is 37.4 Å². The normalized spacial score (nSPS) is 18.4. The number of nitrogens with zero attached hydrogens (tertiary/aromatic N) is 6. The Kier molecular flexibility index (Phi) is 5.52. The lowest BCUT2D eigenvalue weighted by Crippen LogP contribution is -2.31. The lowest BCUT2D eigenvalue weighted by molar-refractivity contribution is 0.335. The summed E-state index contributed by atoms with van der Waals surface area (Å²) in [5, 5.41) is 26.0. The maximum atomic E-state index is 14.4.